The van der Waals surface area contributed by atoms with Crippen molar-refractivity contribution < 1.29 is 14.3 Å². The Bertz CT molecular complexity index is 995. The van der Waals surface area contributed by atoms with E-state index in [-0.39, 0.29) is 5.97 Å². The van der Waals surface area contributed by atoms with E-state index in [1.54, 1.807) is 13.8 Å². The van der Waals surface area contributed by atoms with E-state index in [0.717, 1.165) is 26.9 Å². The largest absolute Gasteiger partial charge is 0.479 e. The first-order valence-electron chi connectivity index (χ1n) is 8.82. The van der Waals surface area contributed by atoms with Gasteiger partial charge in [-0.3, -0.25) is 0 Å². The lowest BCUT2D eigenvalue weighted by molar-refractivity contribution is -0.150. The number of esters is 1. The molecule has 0 saturated heterocycles. The number of hydrogen-bond acceptors (Lipinski definition) is 5. The number of carbonyl (C=O) groups is 1. The summed E-state index contributed by atoms with van der Waals surface area (Å²) < 4.78 is 11.3. The quantitative estimate of drug-likeness (QED) is 0.344. The second-order valence-corrected chi connectivity index (χ2v) is 7.39. The summed E-state index contributed by atoms with van der Waals surface area (Å²) >= 11 is 9.60. The van der Waals surface area contributed by atoms with Crippen molar-refractivity contribution in [2.24, 2.45) is 0 Å². The van der Waals surface area contributed by atoms with Crippen molar-refractivity contribution in [2.75, 3.05) is 18.6 Å². The number of anilines is 2. The number of pyridine rings is 1. The van der Waals surface area contributed by atoms with Crippen LogP contribution in [0.5, 0.6) is 5.75 Å². The van der Waals surface area contributed by atoms with Gasteiger partial charge < -0.3 is 14.4 Å². The molecule has 28 heavy (non-hydrogen) atoms. The average Bonchev–Trinajstić information content (AvgIpc) is 2.68. The monoisotopic (exact) mass is 462 g/mol. The Hall–Kier alpha value is -2.31. The number of carbonyl (C=O) groups excluding carboxylic acids is 1. The van der Waals surface area contributed by atoms with Crippen LogP contribution in [0, 0.1) is 0 Å². The molecule has 0 aliphatic heterocycles. The molecule has 0 amide bonds. The van der Waals surface area contributed by atoms with Gasteiger partial charge in [-0.25, -0.2) is 9.78 Å². The first kappa shape index (κ1) is 20.4. The van der Waals surface area contributed by atoms with Gasteiger partial charge in [-0.15, -0.1) is 0 Å². The zero-order valence-corrected chi connectivity index (χ0v) is 18.1. The van der Waals surface area contributed by atoms with Crippen LogP contribution in [0.2, 0.25) is 5.02 Å². The number of nitrogens with zero attached hydrogens (tertiary/aromatic N) is 2. The SMILES string of the molecule is CCOC(=O)C(C)Oc1ccc(N(C)c2cc3ccc(Cl)cc3c(Br)n2)cc1. The van der Waals surface area contributed by atoms with Crippen LogP contribution in [0.1, 0.15) is 13.8 Å². The van der Waals surface area contributed by atoms with Crippen molar-refractivity contribution in [1.82, 2.24) is 4.98 Å². The van der Waals surface area contributed by atoms with Crippen LogP contribution in [-0.2, 0) is 9.53 Å². The van der Waals surface area contributed by atoms with Crippen LogP contribution < -0.4 is 9.64 Å². The van der Waals surface area contributed by atoms with Crippen LogP contribution in [0.3, 0.4) is 0 Å². The molecule has 5 nitrogen and oxygen atoms in total. The number of aromatic nitrogens is 1. The molecule has 0 bridgehead atoms. The first-order valence-corrected chi connectivity index (χ1v) is 9.99. The molecule has 1 aromatic heterocycles. The third-order valence-corrected chi connectivity index (χ3v) is 5.07. The number of rotatable bonds is 6. The normalized spacial score (nSPS) is 11.9. The lowest BCUT2D eigenvalue weighted by atomic mass is 10.1. The number of benzene rings is 2. The van der Waals surface area contributed by atoms with Crippen LogP contribution in [0.4, 0.5) is 11.5 Å². The Balaban J connectivity index is 1.79. The molecule has 0 spiro atoms. The molecule has 0 N–H and O–H groups in total. The van der Waals surface area contributed by atoms with Crippen molar-refractivity contribution >= 4 is 55.8 Å². The Morgan fingerprint density at radius 2 is 1.93 bits per heavy atom. The molecule has 1 atom stereocenters. The van der Waals surface area contributed by atoms with E-state index in [0.29, 0.717) is 17.4 Å². The van der Waals surface area contributed by atoms with E-state index in [2.05, 4.69) is 20.9 Å². The molecule has 0 fully saturated rings. The molecular formula is C21H20BrClN2O3. The summed E-state index contributed by atoms with van der Waals surface area (Å²) in [7, 11) is 1.94. The first-order chi connectivity index (χ1) is 13.4. The summed E-state index contributed by atoms with van der Waals surface area (Å²) in [5.74, 6) is 1.00. The van der Waals surface area contributed by atoms with Crippen molar-refractivity contribution in [3.63, 3.8) is 0 Å². The Labute approximate surface area is 177 Å². The van der Waals surface area contributed by atoms with E-state index in [9.17, 15) is 4.79 Å². The van der Waals surface area contributed by atoms with Gasteiger partial charge >= 0.3 is 5.97 Å². The second-order valence-electron chi connectivity index (χ2n) is 6.20. The molecule has 3 aromatic rings. The molecule has 3 rings (SSSR count). The zero-order chi connectivity index (χ0) is 20.3. The predicted octanol–water partition coefficient (Wildman–Crippen LogP) is 5.75. The maximum absolute atomic E-state index is 11.7. The van der Waals surface area contributed by atoms with Gasteiger partial charge in [0.15, 0.2) is 6.10 Å². The summed E-state index contributed by atoms with van der Waals surface area (Å²) in [6.45, 7) is 3.76. The van der Waals surface area contributed by atoms with Crippen molar-refractivity contribution in [1.29, 1.82) is 0 Å². The minimum atomic E-state index is -0.659. The number of halogens is 2. The van der Waals surface area contributed by atoms with Gasteiger partial charge in [-0.1, -0.05) is 17.7 Å². The van der Waals surface area contributed by atoms with E-state index in [4.69, 9.17) is 21.1 Å². The highest BCUT2D eigenvalue weighted by atomic mass is 79.9. The predicted molar refractivity (Wildman–Crippen MR) is 116 cm³/mol. The topological polar surface area (TPSA) is 51.7 Å². The minimum absolute atomic E-state index is 0.330. The maximum atomic E-state index is 11.7. The van der Waals surface area contributed by atoms with Crippen molar-refractivity contribution in [2.45, 2.75) is 20.0 Å². The summed E-state index contributed by atoms with van der Waals surface area (Å²) in [6.07, 6.45) is -0.659. The fourth-order valence-corrected chi connectivity index (χ4v) is 3.43. The van der Waals surface area contributed by atoms with Gasteiger partial charge in [-0.05, 0) is 77.6 Å². The highest BCUT2D eigenvalue weighted by Gasteiger charge is 2.16. The van der Waals surface area contributed by atoms with Gasteiger partial charge in [0.05, 0.1) is 6.61 Å². The molecule has 0 aliphatic rings. The molecule has 1 unspecified atom stereocenters. The zero-order valence-electron chi connectivity index (χ0n) is 15.8. The van der Waals surface area contributed by atoms with Gasteiger partial charge in [0.25, 0.3) is 0 Å². The standard InChI is InChI=1S/C21H20BrClN2O3/c1-4-27-21(26)13(2)28-17-9-7-16(8-10-17)25(3)19-11-14-5-6-15(23)12-18(14)20(22)24-19/h5-13H,4H2,1-3H3. The molecule has 0 radical (unpaired) electrons. The van der Waals surface area contributed by atoms with Gasteiger partial charge in [-0.2, -0.15) is 0 Å². The lowest BCUT2D eigenvalue weighted by Crippen LogP contribution is -2.26. The molecular weight excluding hydrogens is 444 g/mol. The van der Waals surface area contributed by atoms with E-state index < -0.39 is 6.10 Å². The lowest BCUT2D eigenvalue weighted by Gasteiger charge is -2.20. The highest BCUT2D eigenvalue weighted by Crippen LogP contribution is 2.31. The fraction of sp³-hybridized carbons (Fsp3) is 0.238. The molecule has 146 valence electrons. The summed E-state index contributed by atoms with van der Waals surface area (Å²) in [6, 6.07) is 15.2. The molecule has 7 heteroatoms. The number of hydrogen-bond donors (Lipinski definition) is 0. The highest BCUT2D eigenvalue weighted by molar-refractivity contribution is 9.10. The van der Waals surface area contributed by atoms with Gasteiger partial charge in [0.1, 0.15) is 16.2 Å². The molecule has 2 aromatic carbocycles. The Morgan fingerprint density at radius 1 is 1.21 bits per heavy atom. The average molecular weight is 464 g/mol. The third-order valence-electron chi connectivity index (χ3n) is 4.23. The van der Waals surface area contributed by atoms with Crippen LogP contribution >= 0.6 is 27.5 Å². The second kappa shape index (κ2) is 8.80. The minimum Gasteiger partial charge on any atom is -0.479 e. The number of ether oxygens (including phenoxy) is 2. The Morgan fingerprint density at radius 3 is 2.61 bits per heavy atom. The van der Waals surface area contributed by atoms with Crippen molar-refractivity contribution in [3.05, 3.63) is 58.2 Å². The van der Waals surface area contributed by atoms with Crippen LogP contribution in [0.15, 0.2) is 53.1 Å². The Kier molecular flexibility index (Phi) is 6.42. The van der Waals surface area contributed by atoms with E-state index in [1.165, 1.54) is 0 Å². The number of fused-ring (bicyclic) bond motifs is 1. The third kappa shape index (κ3) is 4.56. The fourth-order valence-electron chi connectivity index (χ4n) is 2.73. The van der Waals surface area contributed by atoms with Gasteiger partial charge in [0, 0.05) is 23.1 Å². The van der Waals surface area contributed by atoms with E-state index >= 15 is 0 Å². The molecule has 0 saturated carbocycles. The molecule has 1 heterocycles. The van der Waals surface area contributed by atoms with E-state index in [1.807, 2.05) is 60.5 Å². The van der Waals surface area contributed by atoms with Gasteiger partial charge in [0.2, 0.25) is 0 Å². The van der Waals surface area contributed by atoms with Crippen molar-refractivity contribution in [3.8, 4) is 5.75 Å². The summed E-state index contributed by atoms with van der Waals surface area (Å²) in [5.41, 5.74) is 0.934. The summed E-state index contributed by atoms with van der Waals surface area (Å²) in [5, 5.41) is 2.67. The maximum Gasteiger partial charge on any atom is 0.347 e. The smallest absolute Gasteiger partial charge is 0.347 e. The summed E-state index contributed by atoms with van der Waals surface area (Å²) in [4.78, 5) is 18.3. The van der Waals surface area contributed by atoms with Crippen LogP contribution in [0.25, 0.3) is 10.8 Å². The van der Waals surface area contributed by atoms with Crippen LogP contribution in [-0.4, -0.2) is 30.7 Å². The molecule has 0 aliphatic carbocycles.